The molecule has 202 valence electrons. The van der Waals surface area contributed by atoms with Crippen LogP contribution >= 0.6 is 0 Å². The molecule has 39 heavy (non-hydrogen) atoms. The predicted molar refractivity (Wildman–Crippen MR) is 153 cm³/mol. The number of nitrogens with two attached hydrogens (primary N) is 1. The average molecular weight is 524 g/mol. The molecule has 2 fully saturated rings. The fourth-order valence-electron chi connectivity index (χ4n) is 6.20. The normalized spacial score (nSPS) is 20.1. The van der Waals surface area contributed by atoms with E-state index in [1.54, 1.807) is 6.20 Å². The molecule has 6 rings (SSSR count). The number of hydrogen-bond acceptors (Lipinski definition) is 5. The number of amides is 1. The van der Waals surface area contributed by atoms with Gasteiger partial charge >= 0.3 is 0 Å². The van der Waals surface area contributed by atoms with E-state index < -0.39 is 0 Å². The van der Waals surface area contributed by atoms with Crippen molar-refractivity contribution in [1.29, 1.82) is 0 Å². The van der Waals surface area contributed by atoms with Gasteiger partial charge in [0.05, 0.1) is 0 Å². The summed E-state index contributed by atoms with van der Waals surface area (Å²) in [7, 11) is 0. The number of fused-ring (bicyclic) bond motifs is 1. The van der Waals surface area contributed by atoms with E-state index in [9.17, 15) is 4.79 Å². The van der Waals surface area contributed by atoms with Gasteiger partial charge in [-0.3, -0.25) is 9.20 Å². The lowest BCUT2D eigenvalue weighted by Crippen LogP contribution is -2.38. The molecule has 2 N–H and O–H groups in total. The Hall–Kier alpha value is -3.87. The number of likely N-dealkylation sites (tertiary alicyclic amines) is 1. The number of nitrogens with zero attached hydrogens (tertiary/aromatic N) is 4. The van der Waals surface area contributed by atoms with Crippen molar-refractivity contribution >= 4 is 17.2 Å². The summed E-state index contributed by atoms with van der Waals surface area (Å²) in [6.45, 7) is 2.35. The maximum absolute atomic E-state index is 13.2. The largest absolute Gasteiger partial charge is 0.489 e. The van der Waals surface area contributed by atoms with E-state index in [1.165, 1.54) is 12.8 Å². The Morgan fingerprint density at radius 2 is 1.72 bits per heavy atom. The van der Waals surface area contributed by atoms with Crippen LogP contribution in [0.25, 0.3) is 16.8 Å². The van der Waals surface area contributed by atoms with Gasteiger partial charge in [0.15, 0.2) is 0 Å². The lowest BCUT2D eigenvalue weighted by Gasteiger charge is -2.31. The van der Waals surface area contributed by atoms with Crippen LogP contribution in [0.1, 0.15) is 68.7 Å². The molecular formula is C32H37N5O2. The Kier molecular flexibility index (Phi) is 7.48. The second-order valence-electron chi connectivity index (χ2n) is 10.9. The average Bonchev–Trinajstić information content (AvgIpc) is 3.17. The Balaban J connectivity index is 1.22. The maximum atomic E-state index is 13.2. The molecule has 0 unspecified atom stereocenters. The van der Waals surface area contributed by atoms with Gasteiger partial charge in [-0.2, -0.15) is 0 Å². The summed E-state index contributed by atoms with van der Waals surface area (Å²) in [6, 6.07) is 18.2. The predicted octanol–water partition coefficient (Wildman–Crippen LogP) is 6.23. The molecular weight excluding hydrogens is 486 g/mol. The quantitative estimate of drug-likeness (QED) is 0.324. The Morgan fingerprint density at radius 3 is 2.49 bits per heavy atom. The lowest BCUT2D eigenvalue weighted by atomic mass is 9.81. The number of carbonyl (C=O) groups excluding carboxylic acids is 1. The molecule has 4 aromatic rings. The first-order chi connectivity index (χ1) is 19.2. The third-order valence-electron chi connectivity index (χ3n) is 8.33. The minimum Gasteiger partial charge on any atom is -0.489 e. The lowest BCUT2D eigenvalue weighted by molar-refractivity contribution is -0.136. The van der Waals surface area contributed by atoms with Crippen LogP contribution in [0, 0.1) is 5.92 Å². The van der Waals surface area contributed by atoms with E-state index in [0.717, 1.165) is 85.5 Å². The molecule has 7 nitrogen and oxygen atoms in total. The van der Waals surface area contributed by atoms with E-state index >= 15 is 0 Å². The number of anilines is 1. The van der Waals surface area contributed by atoms with Crippen LogP contribution < -0.4 is 10.5 Å². The summed E-state index contributed by atoms with van der Waals surface area (Å²) in [6.07, 6.45) is 12.2. The third-order valence-corrected chi connectivity index (χ3v) is 8.33. The number of benzene rings is 2. The number of ether oxygens (including phenoxy) is 1. The monoisotopic (exact) mass is 523 g/mol. The highest BCUT2D eigenvalue weighted by Gasteiger charge is 2.32. The second-order valence-corrected chi connectivity index (χ2v) is 10.9. The van der Waals surface area contributed by atoms with Gasteiger partial charge in [-0.25, -0.2) is 9.97 Å². The first-order valence-corrected chi connectivity index (χ1v) is 14.4. The maximum Gasteiger partial charge on any atom is 0.225 e. The second kappa shape index (κ2) is 11.5. The molecule has 3 heterocycles. The number of hydrogen-bond donors (Lipinski definition) is 1. The molecule has 1 aliphatic heterocycles. The van der Waals surface area contributed by atoms with Crippen LogP contribution in [0.5, 0.6) is 5.75 Å². The van der Waals surface area contributed by atoms with Crippen LogP contribution in [0.15, 0.2) is 67.0 Å². The van der Waals surface area contributed by atoms with Crippen molar-refractivity contribution in [3.63, 3.8) is 0 Å². The highest BCUT2D eigenvalue weighted by molar-refractivity contribution is 5.85. The molecule has 2 aromatic heterocycles. The smallest absolute Gasteiger partial charge is 0.225 e. The van der Waals surface area contributed by atoms with Crippen molar-refractivity contribution in [1.82, 2.24) is 19.3 Å². The fourth-order valence-corrected chi connectivity index (χ4v) is 6.20. The van der Waals surface area contributed by atoms with Gasteiger partial charge in [-0.1, -0.05) is 55.3 Å². The molecule has 1 aliphatic carbocycles. The summed E-state index contributed by atoms with van der Waals surface area (Å²) in [5.41, 5.74) is 10.1. The SMILES string of the molecule is Nc1nccn2c(C3CCC(C(=O)N4CCCCCC4)CC3)nc(-c3cccc(OCc4ccccc4)c3)c12. The third kappa shape index (κ3) is 5.49. The molecule has 2 aliphatic rings. The summed E-state index contributed by atoms with van der Waals surface area (Å²) in [4.78, 5) is 24.9. The Labute approximate surface area is 230 Å². The molecule has 2 aromatic carbocycles. The topological polar surface area (TPSA) is 85.8 Å². The molecule has 0 bridgehead atoms. The van der Waals surface area contributed by atoms with Gasteiger partial charge in [0.2, 0.25) is 5.91 Å². The summed E-state index contributed by atoms with van der Waals surface area (Å²) in [5.74, 6) is 3.03. The van der Waals surface area contributed by atoms with Crippen LogP contribution in [0.3, 0.4) is 0 Å². The van der Waals surface area contributed by atoms with Gasteiger partial charge in [-0.05, 0) is 56.2 Å². The van der Waals surface area contributed by atoms with Gasteiger partial charge in [0.1, 0.15) is 35.2 Å². The van der Waals surface area contributed by atoms with Crippen LogP contribution in [-0.4, -0.2) is 38.3 Å². The Bertz CT molecular complexity index is 1420. The fraction of sp³-hybridized carbons (Fsp3) is 0.406. The van der Waals surface area contributed by atoms with Gasteiger partial charge in [0, 0.05) is 42.9 Å². The van der Waals surface area contributed by atoms with Gasteiger partial charge in [0.25, 0.3) is 0 Å². The molecule has 7 heteroatoms. The van der Waals surface area contributed by atoms with Crippen LogP contribution in [0.4, 0.5) is 5.82 Å². The number of rotatable bonds is 6. The number of nitrogen functional groups attached to an aromatic ring is 1. The highest BCUT2D eigenvalue weighted by atomic mass is 16.5. The summed E-state index contributed by atoms with van der Waals surface area (Å²) < 4.78 is 8.20. The summed E-state index contributed by atoms with van der Waals surface area (Å²) >= 11 is 0. The van der Waals surface area contributed by atoms with E-state index in [1.807, 2.05) is 48.7 Å². The van der Waals surface area contributed by atoms with Crippen LogP contribution in [-0.2, 0) is 11.4 Å². The van der Waals surface area contributed by atoms with E-state index in [4.69, 9.17) is 15.5 Å². The van der Waals surface area contributed by atoms with Crippen molar-refractivity contribution in [3.05, 3.63) is 78.4 Å². The molecule has 1 saturated carbocycles. The standard InChI is InChI=1S/C32H37N5O2/c33-30-29-28(26-11-8-12-27(21-26)39-22-23-9-4-3-5-10-23)35-31(37(29)20-17-34-30)24-13-15-25(16-14-24)32(38)36-18-6-1-2-7-19-36/h3-5,8-12,17,20-21,24-25H,1-2,6-7,13-16,18-19,22H2,(H2,33,34). The van der Waals surface area contributed by atoms with E-state index in [2.05, 4.69) is 26.4 Å². The first kappa shape index (κ1) is 25.4. The molecule has 0 radical (unpaired) electrons. The van der Waals surface area contributed by atoms with Crippen molar-refractivity contribution < 1.29 is 9.53 Å². The summed E-state index contributed by atoms with van der Waals surface area (Å²) in [5, 5.41) is 0. The van der Waals surface area contributed by atoms with Crippen molar-refractivity contribution in [2.75, 3.05) is 18.8 Å². The van der Waals surface area contributed by atoms with Gasteiger partial charge < -0.3 is 15.4 Å². The van der Waals surface area contributed by atoms with E-state index in [0.29, 0.717) is 18.3 Å². The zero-order valence-corrected chi connectivity index (χ0v) is 22.5. The molecule has 1 amide bonds. The highest BCUT2D eigenvalue weighted by Crippen LogP contribution is 2.39. The minimum atomic E-state index is 0.134. The number of carbonyl (C=O) groups is 1. The van der Waals surface area contributed by atoms with Crippen LogP contribution in [0.2, 0.25) is 0 Å². The Morgan fingerprint density at radius 1 is 0.949 bits per heavy atom. The molecule has 0 spiro atoms. The molecule has 0 atom stereocenters. The number of imidazole rings is 1. The first-order valence-electron chi connectivity index (χ1n) is 14.4. The van der Waals surface area contributed by atoms with Gasteiger partial charge in [-0.15, -0.1) is 0 Å². The zero-order valence-electron chi connectivity index (χ0n) is 22.5. The zero-order chi connectivity index (χ0) is 26.6. The van der Waals surface area contributed by atoms with Crippen molar-refractivity contribution in [3.8, 4) is 17.0 Å². The molecule has 1 saturated heterocycles. The van der Waals surface area contributed by atoms with Crippen molar-refractivity contribution in [2.45, 2.75) is 63.9 Å². The number of aromatic nitrogens is 3. The minimum absolute atomic E-state index is 0.134. The van der Waals surface area contributed by atoms with E-state index in [-0.39, 0.29) is 11.8 Å². The van der Waals surface area contributed by atoms with Crippen molar-refractivity contribution in [2.24, 2.45) is 5.92 Å².